The monoisotopic (exact) mass is 371 g/mol. The number of ether oxygens (including phenoxy) is 1. The van der Waals surface area contributed by atoms with E-state index in [1.54, 1.807) is 11.3 Å². The van der Waals surface area contributed by atoms with Gasteiger partial charge in [-0.2, -0.15) is 0 Å². The molecule has 3 heterocycles. The Balaban J connectivity index is 1.47. The van der Waals surface area contributed by atoms with Crippen LogP contribution in [0.1, 0.15) is 31.2 Å². The Bertz CT molecular complexity index is 784. The number of nitrogens with one attached hydrogen (secondary N) is 1. The summed E-state index contributed by atoms with van der Waals surface area (Å²) in [6.07, 6.45) is 4.16. The van der Waals surface area contributed by atoms with Gasteiger partial charge in [0.2, 0.25) is 0 Å². The highest BCUT2D eigenvalue weighted by molar-refractivity contribution is 7.13. The molecular formula is C21H27N2O2S+. The van der Waals surface area contributed by atoms with Crippen LogP contribution in [0.25, 0.3) is 10.4 Å². The van der Waals surface area contributed by atoms with E-state index < -0.39 is 0 Å². The lowest BCUT2D eigenvalue weighted by Gasteiger charge is -2.43. The van der Waals surface area contributed by atoms with E-state index >= 15 is 0 Å². The topological polar surface area (TPSA) is 38.3 Å². The maximum Gasteiger partial charge on any atom is 0.411 e. The molecule has 1 aromatic heterocycles. The first kappa shape index (κ1) is 17.6. The zero-order valence-corrected chi connectivity index (χ0v) is 16.5. The summed E-state index contributed by atoms with van der Waals surface area (Å²) in [5.74, 6) is 0. The summed E-state index contributed by atoms with van der Waals surface area (Å²) in [7, 11) is 4.64. The molecule has 1 amide bonds. The summed E-state index contributed by atoms with van der Waals surface area (Å²) in [6, 6.07) is 11.4. The zero-order valence-electron chi connectivity index (χ0n) is 15.7. The van der Waals surface area contributed by atoms with Crippen LogP contribution in [0.2, 0.25) is 0 Å². The van der Waals surface area contributed by atoms with Crippen LogP contribution in [-0.2, 0) is 4.74 Å². The minimum Gasteiger partial charge on any atom is -0.445 e. The summed E-state index contributed by atoms with van der Waals surface area (Å²) < 4.78 is 6.93. The molecule has 0 radical (unpaired) electrons. The summed E-state index contributed by atoms with van der Waals surface area (Å²) in [5.41, 5.74) is 2.96. The highest BCUT2D eigenvalue weighted by Gasteiger charge is 2.49. The second-order valence-corrected chi connectivity index (χ2v) is 9.06. The van der Waals surface area contributed by atoms with Crippen LogP contribution in [0.4, 0.5) is 10.5 Å². The third kappa shape index (κ3) is 3.14. The van der Waals surface area contributed by atoms with Crippen LogP contribution in [0.3, 0.4) is 0 Å². The number of hydrogen-bond donors (Lipinski definition) is 1. The van der Waals surface area contributed by atoms with Crippen molar-refractivity contribution in [1.29, 1.82) is 0 Å². The number of benzene rings is 1. The third-order valence-electron chi connectivity index (χ3n) is 6.35. The lowest BCUT2D eigenvalue weighted by Crippen LogP contribution is -2.56. The number of carbonyl (C=O) groups is 1. The molecule has 5 heteroatoms. The zero-order chi connectivity index (χ0) is 18.3. The third-order valence-corrected chi connectivity index (χ3v) is 7.25. The second-order valence-electron chi connectivity index (χ2n) is 8.11. The van der Waals surface area contributed by atoms with E-state index in [2.05, 4.69) is 36.9 Å². The fourth-order valence-electron chi connectivity index (χ4n) is 4.68. The van der Waals surface area contributed by atoms with Crippen LogP contribution in [0.5, 0.6) is 0 Å². The Morgan fingerprint density at radius 3 is 2.54 bits per heavy atom. The molecule has 1 N–H and O–H groups in total. The van der Waals surface area contributed by atoms with Gasteiger partial charge in [0, 0.05) is 36.1 Å². The molecular weight excluding hydrogens is 344 g/mol. The van der Waals surface area contributed by atoms with Crippen molar-refractivity contribution in [3.8, 4) is 10.4 Å². The van der Waals surface area contributed by atoms with Gasteiger partial charge in [-0.05, 0) is 23.9 Å². The second kappa shape index (κ2) is 6.71. The first-order valence-corrected chi connectivity index (χ1v) is 10.3. The van der Waals surface area contributed by atoms with Crippen molar-refractivity contribution in [1.82, 2.24) is 0 Å². The maximum atomic E-state index is 12.6. The predicted molar refractivity (Wildman–Crippen MR) is 107 cm³/mol. The molecule has 138 valence electrons. The van der Waals surface area contributed by atoms with Crippen molar-refractivity contribution in [2.75, 3.05) is 19.4 Å². The first-order valence-electron chi connectivity index (χ1n) is 9.39. The van der Waals surface area contributed by atoms with Crippen LogP contribution < -0.4 is 5.32 Å². The quantitative estimate of drug-likeness (QED) is 0.768. The molecule has 2 fully saturated rings. The highest BCUT2D eigenvalue weighted by atomic mass is 32.1. The Morgan fingerprint density at radius 1 is 1.15 bits per heavy atom. The number of amides is 1. The molecule has 0 aliphatic carbocycles. The number of thiophene rings is 1. The minimum atomic E-state index is -0.325. The molecule has 1 aromatic carbocycles. The molecule has 0 spiro atoms. The van der Waals surface area contributed by atoms with Crippen molar-refractivity contribution < 1.29 is 14.0 Å². The molecule has 0 saturated carbocycles. The van der Waals surface area contributed by atoms with E-state index in [4.69, 9.17) is 4.74 Å². The van der Waals surface area contributed by atoms with Crippen molar-refractivity contribution in [3.63, 3.8) is 0 Å². The Kier molecular flexibility index (Phi) is 4.53. The molecule has 2 bridgehead atoms. The van der Waals surface area contributed by atoms with Crippen LogP contribution in [-0.4, -0.2) is 42.9 Å². The van der Waals surface area contributed by atoms with Gasteiger partial charge in [-0.15, -0.1) is 11.3 Å². The summed E-state index contributed by atoms with van der Waals surface area (Å²) >= 11 is 1.68. The Morgan fingerprint density at radius 2 is 1.88 bits per heavy atom. The van der Waals surface area contributed by atoms with E-state index in [-0.39, 0.29) is 12.2 Å². The Labute approximate surface area is 159 Å². The van der Waals surface area contributed by atoms with Gasteiger partial charge in [-0.1, -0.05) is 24.3 Å². The van der Waals surface area contributed by atoms with Gasteiger partial charge in [0.25, 0.3) is 0 Å². The molecule has 2 aromatic rings. The van der Waals surface area contributed by atoms with Crippen LogP contribution in [0, 0.1) is 6.92 Å². The Hall–Kier alpha value is -1.85. The molecule has 3 atom stereocenters. The lowest BCUT2D eigenvalue weighted by molar-refractivity contribution is -0.931. The van der Waals surface area contributed by atoms with Gasteiger partial charge in [0.05, 0.1) is 31.9 Å². The summed E-state index contributed by atoms with van der Waals surface area (Å²) in [4.78, 5) is 13.8. The smallest absolute Gasteiger partial charge is 0.411 e. The van der Waals surface area contributed by atoms with E-state index in [0.29, 0.717) is 12.1 Å². The maximum absolute atomic E-state index is 12.6. The molecule has 0 unspecified atom stereocenters. The lowest BCUT2D eigenvalue weighted by atomic mass is 9.98. The van der Waals surface area contributed by atoms with Crippen molar-refractivity contribution >= 4 is 23.1 Å². The van der Waals surface area contributed by atoms with Crippen LogP contribution in [0.15, 0.2) is 35.7 Å². The number of aryl methyl sites for hydroxylation is 1. The average molecular weight is 372 g/mol. The number of anilines is 1. The molecule has 2 aliphatic heterocycles. The van der Waals surface area contributed by atoms with Crippen molar-refractivity contribution in [3.05, 3.63) is 41.3 Å². The van der Waals surface area contributed by atoms with Gasteiger partial charge >= 0.3 is 6.09 Å². The van der Waals surface area contributed by atoms with Gasteiger partial charge in [0.1, 0.15) is 6.10 Å². The first-order chi connectivity index (χ1) is 12.4. The van der Waals surface area contributed by atoms with E-state index in [9.17, 15) is 4.79 Å². The van der Waals surface area contributed by atoms with Gasteiger partial charge in [-0.3, -0.25) is 5.32 Å². The predicted octanol–water partition coefficient (Wildman–Crippen LogP) is 5.04. The van der Waals surface area contributed by atoms with Crippen LogP contribution >= 0.6 is 11.3 Å². The number of nitrogens with zero attached hydrogens (tertiary/aromatic N) is 1. The van der Waals surface area contributed by atoms with E-state index in [0.717, 1.165) is 39.0 Å². The standard InChI is InChI=1S/C21H26N2O2S/c1-14-6-4-7-18(19-8-5-11-26-19)20(14)22-21(24)25-17-12-15-9-10-16(13-17)23(15,2)3/h4-8,11,15-17H,9-10,12-13H2,1-3H3/p+1/t15-,16+,17+. The fraction of sp³-hybridized carbons (Fsp3) is 0.476. The molecule has 4 rings (SSSR count). The molecule has 26 heavy (non-hydrogen) atoms. The van der Waals surface area contributed by atoms with E-state index in [1.165, 1.54) is 12.8 Å². The number of piperidine rings is 1. The van der Waals surface area contributed by atoms with Crippen molar-refractivity contribution in [2.45, 2.75) is 50.8 Å². The molecule has 2 aliphatic rings. The van der Waals surface area contributed by atoms with Gasteiger partial charge < -0.3 is 9.22 Å². The summed E-state index contributed by atoms with van der Waals surface area (Å²) in [6.45, 7) is 2.02. The minimum absolute atomic E-state index is 0.0351. The number of para-hydroxylation sites is 1. The molecule has 4 nitrogen and oxygen atoms in total. The number of quaternary nitrogens is 1. The highest BCUT2D eigenvalue weighted by Crippen LogP contribution is 2.41. The summed E-state index contributed by atoms with van der Waals surface area (Å²) in [5, 5.41) is 5.08. The van der Waals surface area contributed by atoms with Crippen molar-refractivity contribution in [2.24, 2.45) is 0 Å². The average Bonchev–Trinajstić information content (AvgIpc) is 3.13. The number of rotatable bonds is 3. The van der Waals surface area contributed by atoms with Gasteiger partial charge in [-0.25, -0.2) is 4.79 Å². The largest absolute Gasteiger partial charge is 0.445 e. The number of fused-ring (bicyclic) bond motifs is 2. The number of hydrogen-bond acceptors (Lipinski definition) is 3. The fourth-order valence-corrected chi connectivity index (χ4v) is 5.44. The van der Waals surface area contributed by atoms with E-state index in [1.807, 2.05) is 25.1 Å². The number of carbonyl (C=O) groups excluding carboxylic acids is 1. The SMILES string of the molecule is Cc1cccc(-c2cccs2)c1NC(=O)O[C@H]1C[C@H]2CC[C@@H](C1)[N+]2(C)C. The van der Waals surface area contributed by atoms with Gasteiger partial charge in [0.15, 0.2) is 0 Å². The normalized spacial score (nSPS) is 26.5. The molecule has 2 saturated heterocycles.